The molecule has 1 saturated heterocycles. The second-order valence-corrected chi connectivity index (χ2v) is 6.47. The van der Waals surface area contributed by atoms with E-state index in [0.29, 0.717) is 6.10 Å². The van der Waals surface area contributed by atoms with Crippen LogP contribution in [0.4, 0.5) is 0 Å². The largest absolute Gasteiger partial charge is 0.378 e. The summed E-state index contributed by atoms with van der Waals surface area (Å²) in [6, 6.07) is 9.63. The van der Waals surface area contributed by atoms with Crippen molar-refractivity contribution in [2.45, 2.75) is 51.7 Å². The van der Waals surface area contributed by atoms with E-state index in [1.807, 2.05) is 42.2 Å². The molecule has 0 aliphatic carbocycles. The molecule has 1 aromatic carbocycles. The summed E-state index contributed by atoms with van der Waals surface area (Å²) in [5, 5.41) is 0. The zero-order chi connectivity index (χ0) is 16.7. The van der Waals surface area contributed by atoms with Gasteiger partial charge in [-0.1, -0.05) is 44.2 Å². The second-order valence-electron chi connectivity index (χ2n) is 6.47. The fraction of sp³-hybridized carbons (Fsp3) is 0.632. The summed E-state index contributed by atoms with van der Waals surface area (Å²) in [5.41, 5.74) is 7.33. The first-order valence-electron chi connectivity index (χ1n) is 8.84. The molecular formula is C19H30N2O2. The molecule has 3 unspecified atom stereocenters. The molecule has 1 fully saturated rings. The number of likely N-dealkylation sites (tertiary alicyclic amines) is 1. The molecule has 0 spiro atoms. The molecule has 1 aliphatic rings. The molecule has 2 rings (SSSR count). The number of nitrogens with zero attached hydrogens (tertiary/aromatic N) is 1. The van der Waals surface area contributed by atoms with Crippen LogP contribution < -0.4 is 5.73 Å². The predicted octanol–water partition coefficient (Wildman–Crippen LogP) is 3.13. The Labute approximate surface area is 140 Å². The lowest BCUT2D eigenvalue weighted by Gasteiger charge is -2.27. The van der Waals surface area contributed by atoms with Crippen LogP contribution in [0, 0.1) is 5.92 Å². The van der Waals surface area contributed by atoms with E-state index in [1.165, 1.54) is 0 Å². The fourth-order valence-electron chi connectivity index (χ4n) is 3.14. The molecule has 3 atom stereocenters. The molecule has 1 heterocycles. The number of hydrogen-bond donors (Lipinski definition) is 1. The van der Waals surface area contributed by atoms with Crippen molar-refractivity contribution in [3.63, 3.8) is 0 Å². The van der Waals surface area contributed by atoms with E-state index < -0.39 is 0 Å². The first-order chi connectivity index (χ1) is 11.1. The number of carbonyl (C=O) groups excluding carboxylic acids is 1. The van der Waals surface area contributed by atoms with Crippen LogP contribution in [0.2, 0.25) is 0 Å². The van der Waals surface area contributed by atoms with Gasteiger partial charge in [0.25, 0.3) is 0 Å². The summed E-state index contributed by atoms with van der Waals surface area (Å²) >= 11 is 0. The molecule has 1 aliphatic heterocycles. The lowest BCUT2D eigenvalue weighted by molar-refractivity contribution is -0.135. The van der Waals surface area contributed by atoms with Crippen LogP contribution in [0.3, 0.4) is 0 Å². The van der Waals surface area contributed by atoms with Crippen LogP contribution in [0.15, 0.2) is 30.3 Å². The first kappa shape index (κ1) is 18.0. The number of nitrogens with two attached hydrogens (primary N) is 1. The first-order valence-corrected chi connectivity index (χ1v) is 8.84. The quantitative estimate of drug-likeness (QED) is 0.876. The van der Waals surface area contributed by atoms with Gasteiger partial charge in [-0.15, -0.1) is 0 Å². The minimum absolute atomic E-state index is 0.164. The number of rotatable bonds is 6. The Morgan fingerprint density at radius 3 is 2.74 bits per heavy atom. The number of ether oxygens (including phenoxy) is 1. The highest BCUT2D eigenvalue weighted by atomic mass is 16.5. The molecule has 4 heteroatoms. The minimum Gasteiger partial charge on any atom is -0.378 e. The highest BCUT2D eigenvalue weighted by Gasteiger charge is 2.28. The van der Waals surface area contributed by atoms with Crippen molar-refractivity contribution in [3.05, 3.63) is 35.9 Å². The van der Waals surface area contributed by atoms with E-state index in [0.717, 1.165) is 50.9 Å². The molecular weight excluding hydrogens is 288 g/mol. The highest BCUT2D eigenvalue weighted by molar-refractivity contribution is 5.79. The number of carbonyl (C=O) groups is 1. The van der Waals surface area contributed by atoms with E-state index >= 15 is 0 Å². The van der Waals surface area contributed by atoms with Crippen LogP contribution in [-0.4, -0.2) is 36.6 Å². The molecule has 1 aromatic rings. The van der Waals surface area contributed by atoms with E-state index in [4.69, 9.17) is 10.5 Å². The summed E-state index contributed by atoms with van der Waals surface area (Å²) < 4.78 is 5.85. The topological polar surface area (TPSA) is 55.6 Å². The van der Waals surface area contributed by atoms with Crippen molar-refractivity contribution < 1.29 is 9.53 Å². The Bertz CT molecular complexity index is 478. The maximum atomic E-state index is 12.8. The van der Waals surface area contributed by atoms with Gasteiger partial charge in [0.05, 0.1) is 12.0 Å². The van der Waals surface area contributed by atoms with Crippen molar-refractivity contribution in [2.24, 2.45) is 11.7 Å². The lowest BCUT2D eigenvalue weighted by Crippen LogP contribution is -2.40. The van der Waals surface area contributed by atoms with Crippen molar-refractivity contribution in [1.82, 2.24) is 4.90 Å². The van der Waals surface area contributed by atoms with Crippen molar-refractivity contribution >= 4 is 5.91 Å². The van der Waals surface area contributed by atoms with E-state index in [2.05, 4.69) is 6.92 Å². The highest BCUT2D eigenvalue weighted by Crippen LogP contribution is 2.23. The smallest absolute Gasteiger partial charge is 0.227 e. The summed E-state index contributed by atoms with van der Waals surface area (Å²) in [7, 11) is 0. The minimum atomic E-state index is -0.251. The number of hydrogen-bond acceptors (Lipinski definition) is 3. The predicted molar refractivity (Wildman–Crippen MR) is 93.0 cm³/mol. The maximum Gasteiger partial charge on any atom is 0.227 e. The molecule has 23 heavy (non-hydrogen) atoms. The SMILES string of the molecule is CCCOC1CCCN(C(=O)C(C)C(N)c2ccccc2)CC1. The van der Waals surface area contributed by atoms with Gasteiger partial charge >= 0.3 is 0 Å². The van der Waals surface area contributed by atoms with Gasteiger partial charge in [0.2, 0.25) is 5.91 Å². The lowest BCUT2D eigenvalue weighted by atomic mass is 9.94. The molecule has 128 valence electrons. The number of amides is 1. The molecule has 2 N–H and O–H groups in total. The van der Waals surface area contributed by atoms with Crippen LogP contribution in [0.1, 0.15) is 51.1 Å². The third-order valence-electron chi connectivity index (χ3n) is 4.66. The Morgan fingerprint density at radius 1 is 1.30 bits per heavy atom. The monoisotopic (exact) mass is 318 g/mol. The summed E-state index contributed by atoms with van der Waals surface area (Å²) in [6.07, 6.45) is 4.32. The molecule has 0 aromatic heterocycles. The Hall–Kier alpha value is -1.39. The zero-order valence-corrected chi connectivity index (χ0v) is 14.4. The van der Waals surface area contributed by atoms with Crippen molar-refractivity contribution in [1.29, 1.82) is 0 Å². The van der Waals surface area contributed by atoms with Gasteiger partial charge in [0, 0.05) is 25.7 Å². The zero-order valence-electron chi connectivity index (χ0n) is 14.4. The van der Waals surface area contributed by atoms with Crippen LogP contribution in [0.5, 0.6) is 0 Å². The third kappa shape index (κ3) is 5.05. The van der Waals surface area contributed by atoms with Gasteiger partial charge in [-0.25, -0.2) is 0 Å². The van der Waals surface area contributed by atoms with E-state index in [9.17, 15) is 4.79 Å². The standard InChI is InChI=1S/C19H30N2O2/c1-3-14-23-17-10-7-12-21(13-11-17)19(22)15(2)18(20)16-8-5-4-6-9-16/h4-6,8-9,15,17-18H,3,7,10-14,20H2,1-2H3. The van der Waals surface area contributed by atoms with Crippen LogP contribution in [0.25, 0.3) is 0 Å². The van der Waals surface area contributed by atoms with Crippen LogP contribution >= 0.6 is 0 Å². The fourth-order valence-corrected chi connectivity index (χ4v) is 3.14. The molecule has 4 nitrogen and oxygen atoms in total. The van der Waals surface area contributed by atoms with Gasteiger partial charge in [-0.05, 0) is 31.2 Å². The van der Waals surface area contributed by atoms with Gasteiger partial charge < -0.3 is 15.4 Å². The molecule has 1 amide bonds. The third-order valence-corrected chi connectivity index (χ3v) is 4.66. The van der Waals surface area contributed by atoms with E-state index in [1.54, 1.807) is 0 Å². The van der Waals surface area contributed by atoms with Crippen LogP contribution in [-0.2, 0) is 9.53 Å². The summed E-state index contributed by atoms with van der Waals surface area (Å²) in [4.78, 5) is 14.8. The molecule has 0 bridgehead atoms. The second kappa shape index (κ2) is 9.04. The molecule has 0 radical (unpaired) electrons. The average Bonchev–Trinajstić information content (AvgIpc) is 2.84. The van der Waals surface area contributed by atoms with Crippen molar-refractivity contribution in [3.8, 4) is 0 Å². The Kier molecular flexibility index (Phi) is 7.06. The number of benzene rings is 1. The normalized spacial score (nSPS) is 21.5. The molecule has 0 saturated carbocycles. The Morgan fingerprint density at radius 2 is 2.04 bits per heavy atom. The van der Waals surface area contributed by atoms with E-state index in [-0.39, 0.29) is 17.9 Å². The van der Waals surface area contributed by atoms with Gasteiger partial charge in [0.15, 0.2) is 0 Å². The Balaban J connectivity index is 1.91. The summed E-state index contributed by atoms with van der Waals surface area (Å²) in [5.74, 6) is -0.0389. The van der Waals surface area contributed by atoms with Gasteiger partial charge in [0.1, 0.15) is 0 Å². The average molecular weight is 318 g/mol. The van der Waals surface area contributed by atoms with Crippen molar-refractivity contribution in [2.75, 3.05) is 19.7 Å². The summed E-state index contributed by atoms with van der Waals surface area (Å²) in [6.45, 7) is 6.47. The maximum absolute atomic E-state index is 12.8. The van der Waals surface area contributed by atoms with Gasteiger partial charge in [-0.2, -0.15) is 0 Å². The van der Waals surface area contributed by atoms with Gasteiger partial charge in [-0.3, -0.25) is 4.79 Å².